The minimum atomic E-state index is -0.388. The molecule has 1 aliphatic heterocycles. The van der Waals surface area contributed by atoms with E-state index in [0.717, 1.165) is 0 Å². The molecular formula is C22H22FN7O. The highest BCUT2D eigenvalue weighted by Gasteiger charge is 2.22. The molecule has 3 heterocycles. The fourth-order valence-electron chi connectivity index (χ4n) is 3.77. The SMILES string of the molecule is Cc1cc(F)cc2c(NCCC(=O)N3CCN(c4ncccn4)CC3)c(C#N)cnc12. The number of benzene rings is 1. The molecule has 0 atom stereocenters. The molecule has 1 aliphatic rings. The molecule has 8 nitrogen and oxygen atoms in total. The summed E-state index contributed by atoms with van der Waals surface area (Å²) in [6, 6.07) is 6.64. The van der Waals surface area contributed by atoms with Gasteiger partial charge in [0.1, 0.15) is 11.9 Å². The van der Waals surface area contributed by atoms with Crippen LogP contribution >= 0.6 is 0 Å². The maximum Gasteiger partial charge on any atom is 0.225 e. The van der Waals surface area contributed by atoms with Gasteiger partial charge in [-0.05, 0) is 30.7 Å². The number of rotatable bonds is 5. The molecule has 158 valence electrons. The zero-order chi connectivity index (χ0) is 21.8. The Morgan fingerprint density at radius 2 is 1.94 bits per heavy atom. The van der Waals surface area contributed by atoms with Gasteiger partial charge < -0.3 is 15.1 Å². The van der Waals surface area contributed by atoms with Gasteiger partial charge in [0.25, 0.3) is 0 Å². The van der Waals surface area contributed by atoms with Crippen LogP contribution in [0.4, 0.5) is 16.0 Å². The summed E-state index contributed by atoms with van der Waals surface area (Å²) < 4.78 is 13.9. The Hall–Kier alpha value is -3.80. The number of hydrogen-bond acceptors (Lipinski definition) is 7. The van der Waals surface area contributed by atoms with Crippen LogP contribution in [0.2, 0.25) is 0 Å². The summed E-state index contributed by atoms with van der Waals surface area (Å²) in [5.74, 6) is 0.314. The number of amides is 1. The predicted octanol–water partition coefficient (Wildman–Crippen LogP) is 2.49. The number of pyridine rings is 1. The van der Waals surface area contributed by atoms with E-state index in [2.05, 4.69) is 31.2 Å². The normalized spacial score (nSPS) is 13.8. The first kappa shape index (κ1) is 20.5. The van der Waals surface area contributed by atoms with Crippen molar-refractivity contribution < 1.29 is 9.18 Å². The van der Waals surface area contributed by atoms with E-state index in [9.17, 15) is 14.4 Å². The van der Waals surface area contributed by atoms with Gasteiger partial charge in [0.15, 0.2) is 0 Å². The van der Waals surface area contributed by atoms with Gasteiger partial charge in [-0.25, -0.2) is 14.4 Å². The molecule has 3 aromatic rings. The number of carbonyl (C=O) groups is 1. The molecular weight excluding hydrogens is 397 g/mol. The maximum absolute atomic E-state index is 13.9. The molecule has 1 N–H and O–H groups in total. The highest BCUT2D eigenvalue weighted by Crippen LogP contribution is 2.28. The summed E-state index contributed by atoms with van der Waals surface area (Å²) in [6.45, 7) is 4.67. The van der Waals surface area contributed by atoms with Crippen LogP contribution < -0.4 is 10.2 Å². The fourth-order valence-corrected chi connectivity index (χ4v) is 3.77. The Bertz CT molecular complexity index is 1140. The molecule has 1 aromatic carbocycles. The van der Waals surface area contributed by atoms with Crippen molar-refractivity contribution in [1.29, 1.82) is 5.26 Å². The first-order valence-corrected chi connectivity index (χ1v) is 10.1. The highest BCUT2D eigenvalue weighted by atomic mass is 19.1. The summed E-state index contributed by atoms with van der Waals surface area (Å²) in [5.41, 5.74) is 2.16. The largest absolute Gasteiger partial charge is 0.383 e. The number of anilines is 2. The quantitative estimate of drug-likeness (QED) is 0.678. The molecule has 1 amide bonds. The summed E-state index contributed by atoms with van der Waals surface area (Å²) in [7, 11) is 0. The van der Waals surface area contributed by atoms with Gasteiger partial charge in [0.2, 0.25) is 11.9 Å². The van der Waals surface area contributed by atoms with Crippen LogP contribution in [0.25, 0.3) is 10.9 Å². The molecule has 0 spiro atoms. The van der Waals surface area contributed by atoms with Gasteiger partial charge in [-0.3, -0.25) is 9.78 Å². The molecule has 0 bridgehead atoms. The van der Waals surface area contributed by atoms with Gasteiger partial charge in [0.05, 0.1) is 16.8 Å². The average Bonchev–Trinajstić information content (AvgIpc) is 2.79. The molecule has 1 saturated heterocycles. The van der Waals surface area contributed by atoms with Crippen LogP contribution in [0, 0.1) is 24.1 Å². The zero-order valence-electron chi connectivity index (χ0n) is 17.2. The minimum absolute atomic E-state index is 0.0281. The van der Waals surface area contributed by atoms with Crippen molar-refractivity contribution in [3.63, 3.8) is 0 Å². The van der Waals surface area contributed by atoms with Crippen molar-refractivity contribution in [3.05, 3.63) is 53.7 Å². The van der Waals surface area contributed by atoms with Crippen molar-refractivity contribution in [3.8, 4) is 6.07 Å². The van der Waals surface area contributed by atoms with E-state index in [1.807, 2.05) is 4.90 Å². The third-order valence-electron chi connectivity index (χ3n) is 5.36. The number of halogens is 1. The van der Waals surface area contributed by atoms with Gasteiger partial charge in [-0.15, -0.1) is 0 Å². The molecule has 4 rings (SSSR count). The second-order valence-corrected chi connectivity index (χ2v) is 7.37. The number of hydrogen-bond donors (Lipinski definition) is 1. The first-order chi connectivity index (χ1) is 15.1. The fraction of sp³-hybridized carbons (Fsp3) is 0.318. The van der Waals surface area contributed by atoms with Crippen LogP contribution in [-0.2, 0) is 4.79 Å². The smallest absolute Gasteiger partial charge is 0.225 e. The van der Waals surface area contributed by atoms with Gasteiger partial charge in [0, 0.05) is 63.1 Å². The van der Waals surface area contributed by atoms with E-state index in [4.69, 9.17) is 0 Å². The lowest BCUT2D eigenvalue weighted by molar-refractivity contribution is -0.131. The number of nitriles is 1. The molecule has 2 aromatic heterocycles. The molecule has 0 saturated carbocycles. The van der Waals surface area contributed by atoms with Crippen LogP contribution in [0.1, 0.15) is 17.5 Å². The third kappa shape index (κ3) is 4.38. The Morgan fingerprint density at radius 1 is 1.19 bits per heavy atom. The topological polar surface area (TPSA) is 98.0 Å². The Morgan fingerprint density at radius 3 is 2.65 bits per heavy atom. The molecule has 0 radical (unpaired) electrons. The van der Waals surface area contributed by atoms with Crippen molar-refractivity contribution in [2.75, 3.05) is 42.9 Å². The van der Waals surface area contributed by atoms with Crippen LogP contribution in [-0.4, -0.2) is 58.5 Å². The molecule has 0 unspecified atom stereocenters. The Balaban J connectivity index is 1.38. The number of piperazine rings is 1. The summed E-state index contributed by atoms with van der Waals surface area (Å²) in [4.78, 5) is 29.3. The number of fused-ring (bicyclic) bond motifs is 1. The monoisotopic (exact) mass is 419 g/mol. The van der Waals surface area contributed by atoms with Crippen molar-refractivity contribution in [1.82, 2.24) is 19.9 Å². The van der Waals surface area contributed by atoms with E-state index in [1.54, 1.807) is 25.4 Å². The molecule has 0 aliphatic carbocycles. The Labute approximate surface area is 179 Å². The second-order valence-electron chi connectivity index (χ2n) is 7.37. The number of aryl methyl sites for hydroxylation is 1. The number of carbonyl (C=O) groups excluding carboxylic acids is 1. The van der Waals surface area contributed by atoms with Crippen LogP contribution in [0.5, 0.6) is 0 Å². The lowest BCUT2D eigenvalue weighted by Gasteiger charge is -2.34. The van der Waals surface area contributed by atoms with Gasteiger partial charge in [-0.2, -0.15) is 5.26 Å². The standard InChI is InChI=1S/C22H22FN7O/c1-15-11-17(23)12-18-20(15)28-14-16(13-24)21(18)25-6-3-19(31)29-7-9-30(10-8-29)22-26-4-2-5-27-22/h2,4-5,11-12,14H,3,6-10H2,1H3,(H,25,28). The summed E-state index contributed by atoms with van der Waals surface area (Å²) in [6.07, 6.45) is 5.15. The van der Waals surface area contributed by atoms with E-state index < -0.39 is 0 Å². The number of nitrogens with one attached hydrogen (secondary N) is 1. The van der Waals surface area contributed by atoms with Crippen LogP contribution in [0.15, 0.2) is 36.8 Å². The van der Waals surface area contributed by atoms with Crippen LogP contribution in [0.3, 0.4) is 0 Å². The number of nitrogens with zero attached hydrogens (tertiary/aromatic N) is 6. The highest BCUT2D eigenvalue weighted by molar-refractivity contribution is 5.95. The minimum Gasteiger partial charge on any atom is -0.383 e. The number of aromatic nitrogens is 3. The summed E-state index contributed by atoms with van der Waals surface area (Å²) >= 11 is 0. The zero-order valence-corrected chi connectivity index (χ0v) is 17.2. The molecule has 31 heavy (non-hydrogen) atoms. The summed E-state index contributed by atoms with van der Waals surface area (Å²) in [5, 5.41) is 13.1. The predicted molar refractivity (Wildman–Crippen MR) is 115 cm³/mol. The average molecular weight is 419 g/mol. The molecule has 1 fully saturated rings. The lowest BCUT2D eigenvalue weighted by atomic mass is 10.1. The van der Waals surface area contributed by atoms with Gasteiger partial charge >= 0.3 is 0 Å². The third-order valence-corrected chi connectivity index (χ3v) is 5.36. The maximum atomic E-state index is 13.9. The Kier molecular flexibility index (Phi) is 5.89. The molecule has 9 heteroatoms. The van der Waals surface area contributed by atoms with Crippen molar-refractivity contribution in [2.24, 2.45) is 0 Å². The van der Waals surface area contributed by atoms with E-state index in [0.29, 0.717) is 66.4 Å². The van der Waals surface area contributed by atoms with E-state index in [-0.39, 0.29) is 18.1 Å². The van der Waals surface area contributed by atoms with Gasteiger partial charge in [-0.1, -0.05) is 0 Å². The lowest BCUT2D eigenvalue weighted by Crippen LogP contribution is -2.49. The van der Waals surface area contributed by atoms with E-state index >= 15 is 0 Å². The van der Waals surface area contributed by atoms with E-state index in [1.165, 1.54) is 18.3 Å². The second kappa shape index (κ2) is 8.92. The first-order valence-electron chi connectivity index (χ1n) is 10.1. The van der Waals surface area contributed by atoms with Crippen molar-refractivity contribution >= 4 is 28.4 Å². The van der Waals surface area contributed by atoms with Crippen molar-refractivity contribution in [2.45, 2.75) is 13.3 Å².